The maximum atomic E-state index is 5.48. The average molecular weight is 444 g/mol. The second kappa shape index (κ2) is 8.32. The van der Waals surface area contributed by atoms with Gasteiger partial charge in [-0.25, -0.2) is 9.97 Å². The first-order valence-corrected chi connectivity index (χ1v) is 10.8. The van der Waals surface area contributed by atoms with Gasteiger partial charge in [-0.3, -0.25) is 0 Å². The molecule has 0 aliphatic carbocycles. The van der Waals surface area contributed by atoms with Crippen LogP contribution in [0.1, 0.15) is 0 Å². The Labute approximate surface area is 189 Å². The summed E-state index contributed by atoms with van der Waals surface area (Å²) in [6, 6.07) is 20.0. The summed E-state index contributed by atoms with van der Waals surface area (Å²) in [6.45, 7) is 0. The molecule has 160 valence electrons. The number of anilines is 3. The first-order chi connectivity index (χ1) is 15.7. The number of benzene rings is 3. The Kier molecular flexibility index (Phi) is 5.20. The van der Waals surface area contributed by atoms with Crippen molar-refractivity contribution in [2.45, 2.75) is 0 Å². The highest BCUT2D eigenvalue weighted by Gasteiger charge is 2.14. The number of fused-ring (bicyclic) bond motifs is 2. The molecule has 0 aliphatic rings. The standard InChI is InChI=1S/C24H21N5O2S/c1-25-24-28-18-13-20(31-3)19(30-2)12-16(18)22(29-24)26-15-8-6-7-14(11-15)23-27-17-9-4-5-10-21(17)32-23/h4-13H,1-3H3,(H2,25,26,28,29). The summed E-state index contributed by atoms with van der Waals surface area (Å²) in [4.78, 5) is 14.0. The summed E-state index contributed by atoms with van der Waals surface area (Å²) in [7, 11) is 5.01. The molecule has 7 nitrogen and oxygen atoms in total. The Bertz CT molecular complexity index is 1400. The molecule has 5 rings (SSSR count). The van der Waals surface area contributed by atoms with Gasteiger partial charge in [0.2, 0.25) is 5.95 Å². The van der Waals surface area contributed by atoms with Crippen LogP contribution in [0.25, 0.3) is 31.7 Å². The lowest BCUT2D eigenvalue weighted by Crippen LogP contribution is -2.03. The second-order valence-electron chi connectivity index (χ2n) is 7.06. The van der Waals surface area contributed by atoms with Crippen LogP contribution in [-0.4, -0.2) is 36.2 Å². The maximum Gasteiger partial charge on any atom is 0.224 e. The lowest BCUT2D eigenvalue weighted by Gasteiger charge is -2.14. The molecule has 32 heavy (non-hydrogen) atoms. The predicted octanol–water partition coefficient (Wildman–Crippen LogP) is 5.71. The van der Waals surface area contributed by atoms with Crippen molar-refractivity contribution in [3.8, 4) is 22.1 Å². The highest BCUT2D eigenvalue weighted by Crippen LogP contribution is 2.36. The van der Waals surface area contributed by atoms with Gasteiger partial charge in [-0.15, -0.1) is 11.3 Å². The Balaban J connectivity index is 1.57. The van der Waals surface area contributed by atoms with Crippen molar-refractivity contribution in [2.75, 3.05) is 31.9 Å². The van der Waals surface area contributed by atoms with Crippen molar-refractivity contribution < 1.29 is 9.47 Å². The fraction of sp³-hybridized carbons (Fsp3) is 0.125. The minimum Gasteiger partial charge on any atom is -0.493 e. The maximum absolute atomic E-state index is 5.48. The van der Waals surface area contributed by atoms with Crippen molar-refractivity contribution >= 4 is 49.9 Å². The molecule has 0 radical (unpaired) electrons. The van der Waals surface area contributed by atoms with Gasteiger partial charge in [0, 0.05) is 29.8 Å². The molecule has 2 aromatic heterocycles. The van der Waals surface area contributed by atoms with Crippen LogP contribution in [0.15, 0.2) is 60.7 Å². The summed E-state index contributed by atoms with van der Waals surface area (Å²) in [5, 5.41) is 8.27. The third kappa shape index (κ3) is 3.65. The van der Waals surface area contributed by atoms with Crippen molar-refractivity contribution in [3.05, 3.63) is 60.7 Å². The number of nitrogens with one attached hydrogen (secondary N) is 2. The number of hydrogen-bond acceptors (Lipinski definition) is 8. The molecule has 0 aliphatic heterocycles. The molecule has 8 heteroatoms. The van der Waals surface area contributed by atoms with E-state index >= 15 is 0 Å². The van der Waals surface area contributed by atoms with Crippen molar-refractivity contribution in [3.63, 3.8) is 0 Å². The molecule has 0 fully saturated rings. The lowest BCUT2D eigenvalue weighted by molar-refractivity contribution is 0.356. The Morgan fingerprint density at radius 2 is 1.62 bits per heavy atom. The van der Waals surface area contributed by atoms with E-state index in [0.717, 1.165) is 32.7 Å². The zero-order valence-electron chi connectivity index (χ0n) is 17.8. The fourth-order valence-corrected chi connectivity index (χ4v) is 4.49. The van der Waals surface area contributed by atoms with Crippen LogP contribution in [0, 0.1) is 0 Å². The Morgan fingerprint density at radius 1 is 0.812 bits per heavy atom. The minimum absolute atomic E-state index is 0.509. The van der Waals surface area contributed by atoms with E-state index in [-0.39, 0.29) is 0 Å². The van der Waals surface area contributed by atoms with Crippen LogP contribution >= 0.6 is 11.3 Å². The first kappa shape index (κ1) is 20.0. The number of methoxy groups -OCH3 is 2. The summed E-state index contributed by atoms with van der Waals surface area (Å²) >= 11 is 1.68. The summed E-state index contributed by atoms with van der Waals surface area (Å²) in [5.41, 5.74) is 3.69. The highest BCUT2D eigenvalue weighted by atomic mass is 32.1. The summed E-state index contributed by atoms with van der Waals surface area (Å²) in [6.07, 6.45) is 0. The van der Waals surface area contributed by atoms with Gasteiger partial charge in [-0.05, 0) is 30.3 Å². The molecule has 0 saturated heterocycles. The number of nitrogens with zero attached hydrogens (tertiary/aromatic N) is 3. The van der Waals surface area contributed by atoms with E-state index in [1.54, 1.807) is 32.6 Å². The van der Waals surface area contributed by atoms with E-state index in [4.69, 9.17) is 14.5 Å². The molecule has 2 heterocycles. The van der Waals surface area contributed by atoms with E-state index in [1.807, 2.05) is 42.5 Å². The van der Waals surface area contributed by atoms with Gasteiger partial charge in [0.15, 0.2) is 11.5 Å². The van der Waals surface area contributed by atoms with Gasteiger partial charge in [-0.2, -0.15) is 4.98 Å². The van der Waals surface area contributed by atoms with Crippen LogP contribution in [0.3, 0.4) is 0 Å². The molecule has 0 saturated carbocycles. The number of hydrogen-bond donors (Lipinski definition) is 2. The molecular weight excluding hydrogens is 422 g/mol. The topological polar surface area (TPSA) is 81.2 Å². The number of thiazole rings is 1. The minimum atomic E-state index is 0.509. The Hall–Kier alpha value is -3.91. The average Bonchev–Trinajstić information content (AvgIpc) is 3.27. The quantitative estimate of drug-likeness (QED) is 0.348. The fourth-order valence-electron chi connectivity index (χ4n) is 3.53. The normalized spacial score (nSPS) is 11.0. The number of rotatable bonds is 6. The van der Waals surface area contributed by atoms with Crippen molar-refractivity contribution in [2.24, 2.45) is 0 Å². The third-order valence-corrected chi connectivity index (χ3v) is 6.18. The van der Waals surface area contributed by atoms with Gasteiger partial charge < -0.3 is 20.1 Å². The second-order valence-corrected chi connectivity index (χ2v) is 8.09. The van der Waals surface area contributed by atoms with Gasteiger partial charge in [-0.1, -0.05) is 24.3 Å². The van der Waals surface area contributed by atoms with Gasteiger partial charge in [0.05, 0.1) is 30.0 Å². The summed E-state index contributed by atoms with van der Waals surface area (Å²) < 4.78 is 12.1. The van der Waals surface area contributed by atoms with Crippen molar-refractivity contribution in [1.82, 2.24) is 15.0 Å². The number of aromatic nitrogens is 3. The molecule has 0 spiro atoms. The van der Waals surface area contributed by atoms with E-state index < -0.39 is 0 Å². The molecule has 3 aromatic carbocycles. The number of ether oxygens (including phenoxy) is 2. The van der Waals surface area contributed by atoms with E-state index in [0.29, 0.717) is 23.3 Å². The van der Waals surface area contributed by atoms with Gasteiger partial charge in [0.25, 0.3) is 0 Å². The van der Waals surface area contributed by atoms with E-state index in [2.05, 4.69) is 38.8 Å². The zero-order chi connectivity index (χ0) is 22.1. The molecule has 5 aromatic rings. The largest absolute Gasteiger partial charge is 0.493 e. The molecule has 0 atom stereocenters. The number of para-hydroxylation sites is 1. The first-order valence-electron chi connectivity index (χ1n) is 10.0. The van der Waals surface area contributed by atoms with E-state index in [1.165, 1.54) is 4.70 Å². The van der Waals surface area contributed by atoms with Crippen molar-refractivity contribution in [1.29, 1.82) is 0 Å². The van der Waals surface area contributed by atoms with Crippen LogP contribution in [0.4, 0.5) is 17.5 Å². The molecule has 0 unspecified atom stereocenters. The van der Waals surface area contributed by atoms with E-state index in [9.17, 15) is 0 Å². The SMILES string of the molecule is CNc1nc(Nc2cccc(-c3nc4ccccc4s3)c2)c2cc(OC)c(OC)cc2n1. The highest BCUT2D eigenvalue weighted by molar-refractivity contribution is 7.21. The summed E-state index contributed by atoms with van der Waals surface area (Å²) in [5.74, 6) is 2.41. The van der Waals surface area contributed by atoms with Crippen LogP contribution < -0.4 is 20.1 Å². The Morgan fingerprint density at radius 3 is 2.41 bits per heavy atom. The monoisotopic (exact) mass is 443 g/mol. The van der Waals surface area contributed by atoms with Crippen LogP contribution in [-0.2, 0) is 0 Å². The predicted molar refractivity (Wildman–Crippen MR) is 131 cm³/mol. The molecule has 0 amide bonds. The van der Waals surface area contributed by atoms with Gasteiger partial charge >= 0.3 is 0 Å². The van der Waals surface area contributed by atoms with Crippen LogP contribution in [0.2, 0.25) is 0 Å². The smallest absolute Gasteiger partial charge is 0.224 e. The third-order valence-electron chi connectivity index (χ3n) is 5.09. The lowest BCUT2D eigenvalue weighted by atomic mass is 10.2. The molecular formula is C24H21N5O2S. The zero-order valence-corrected chi connectivity index (χ0v) is 18.7. The molecule has 0 bridgehead atoms. The van der Waals surface area contributed by atoms with Gasteiger partial charge in [0.1, 0.15) is 10.8 Å². The van der Waals surface area contributed by atoms with Crippen LogP contribution in [0.5, 0.6) is 11.5 Å². The molecule has 2 N–H and O–H groups in total.